The van der Waals surface area contributed by atoms with E-state index in [9.17, 15) is 4.79 Å². The number of anilines is 1. The van der Waals surface area contributed by atoms with Crippen LogP contribution >= 0.6 is 0 Å². The molecule has 92 valence electrons. The van der Waals surface area contributed by atoms with Crippen LogP contribution in [0.4, 0.5) is 10.5 Å². The van der Waals surface area contributed by atoms with Crippen LogP contribution in [0.1, 0.15) is 20.8 Å². The predicted octanol–water partition coefficient (Wildman–Crippen LogP) is 2.76. The van der Waals surface area contributed by atoms with E-state index in [1.807, 2.05) is 20.8 Å². The molecule has 1 aromatic rings. The van der Waals surface area contributed by atoms with Crippen LogP contribution in [0.3, 0.4) is 0 Å². The largest absolute Gasteiger partial charge is 0.454 e. The summed E-state index contributed by atoms with van der Waals surface area (Å²) in [5.74, 6) is 1.16. The molecule has 1 heterocycles. The fourth-order valence-electron chi connectivity index (χ4n) is 1.44. The molecule has 0 fully saturated rings. The highest BCUT2D eigenvalue weighted by Crippen LogP contribution is 2.38. The second kappa shape index (κ2) is 4.16. The summed E-state index contributed by atoms with van der Waals surface area (Å²) in [7, 11) is 0. The van der Waals surface area contributed by atoms with Gasteiger partial charge in [-0.1, -0.05) is 6.07 Å². The summed E-state index contributed by atoms with van der Waals surface area (Å²) in [5, 5.41) is 2.63. The van der Waals surface area contributed by atoms with Crippen LogP contribution < -0.4 is 14.8 Å². The molecular weight excluding hydrogens is 222 g/mol. The molecule has 0 saturated heterocycles. The molecule has 17 heavy (non-hydrogen) atoms. The highest BCUT2D eigenvalue weighted by Gasteiger charge is 2.21. The molecule has 1 amide bonds. The summed E-state index contributed by atoms with van der Waals surface area (Å²) in [4.78, 5) is 11.6. The van der Waals surface area contributed by atoms with Gasteiger partial charge in [0.25, 0.3) is 0 Å². The van der Waals surface area contributed by atoms with E-state index >= 15 is 0 Å². The molecule has 0 bridgehead atoms. The zero-order chi connectivity index (χ0) is 12.5. The molecule has 0 radical (unpaired) electrons. The second-order valence-corrected chi connectivity index (χ2v) is 4.67. The summed E-state index contributed by atoms with van der Waals surface area (Å²) >= 11 is 0. The second-order valence-electron chi connectivity index (χ2n) is 4.67. The number of fused-ring (bicyclic) bond motifs is 1. The first kappa shape index (κ1) is 11.6. The lowest BCUT2D eigenvalue weighted by atomic mass is 10.2. The minimum Gasteiger partial charge on any atom is -0.454 e. The van der Waals surface area contributed by atoms with E-state index < -0.39 is 11.7 Å². The Morgan fingerprint density at radius 2 is 2.12 bits per heavy atom. The molecule has 0 saturated carbocycles. The number of rotatable bonds is 1. The van der Waals surface area contributed by atoms with Gasteiger partial charge in [-0.05, 0) is 32.9 Å². The Labute approximate surface area is 99.7 Å². The van der Waals surface area contributed by atoms with Crippen molar-refractivity contribution >= 4 is 11.8 Å². The van der Waals surface area contributed by atoms with Crippen molar-refractivity contribution < 1.29 is 19.0 Å². The molecule has 5 nitrogen and oxygen atoms in total. The van der Waals surface area contributed by atoms with Crippen molar-refractivity contribution in [3.05, 3.63) is 18.2 Å². The van der Waals surface area contributed by atoms with E-state index in [4.69, 9.17) is 14.2 Å². The van der Waals surface area contributed by atoms with Gasteiger partial charge >= 0.3 is 6.09 Å². The monoisotopic (exact) mass is 237 g/mol. The van der Waals surface area contributed by atoms with E-state index in [-0.39, 0.29) is 6.79 Å². The molecule has 0 aliphatic carbocycles. The van der Waals surface area contributed by atoms with Gasteiger partial charge in [-0.2, -0.15) is 0 Å². The van der Waals surface area contributed by atoms with Crippen molar-refractivity contribution in [3.63, 3.8) is 0 Å². The van der Waals surface area contributed by atoms with Crippen LogP contribution in [-0.4, -0.2) is 18.5 Å². The number of ether oxygens (including phenoxy) is 3. The zero-order valence-corrected chi connectivity index (χ0v) is 10.1. The van der Waals surface area contributed by atoms with Crippen LogP contribution in [0.25, 0.3) is 0 Å². The third kappa shape index (κ3) is 2.81. The van der Waals surface area contributed by atoms with Crippen molar-refractivity contribution in [1.29, 1.82) is 0 Å². The maximum Gasteiger partial charge on any atom is 0.412 e. The molecule has 0 unspecified atom stereocenters. The quantitative estimate of drug-likeness (QED) is 0.816. The fraction of sp³-hybridized carbons (Fsp3) is 0.417. The molecule has 1 aliphatic heterocycles. The topological polar surface area (TPSA) is 56.8 Å². The maximum absolute atomic E-state index is 11.6. The Bertz CT molecular complexity index is 437. The van der Waals surface area contributed by atoms with Crippen molar-refractivity contribution in [2.75, 3.05) is 12.1 Å². The molecule has 1 aliphatic rings. The van der Waals surface area contributed by atoms with Crippen LogP contribution in [0.2, 0.25) is 0 Å². The smallest absolute Gasteiger partial charge is 0.412 e. The first-order valence-corrected chi connectivity index (χ1v) is 5.34. The molecule has 2 rings (SSSR count). The van der Waals surface area contributed by atoms with Crippen LogP contribution in [0.15, 0.2) is 18.2 Å². The number of carbonyl (C=O) groups excluding carboxylic acids is 1. The van der Waals surface area contributed by atoms with Gasteiger partial charge in [-0.15, -0.1) is 0 Å². The Balaban J connectivity index is 2.10. The van der Waals surface area contributed by atoms with Gasteiger partial charge in [0.2, 0.25) is 6.79 Å². The maximum atomic E-state index is 11.6. The van der Waals surface area contributed by atoms with Gasteiger partial charge in [-0.25, -0.2) is 4.79 Å². The minimum absolute atomic E-state index is 0.169. The molecule has 1 aromatic carbocycles. The van der Waals surface area contributed by atoms with Crippen LogP contribution in [-0.2, 0) is 4.74 Å². The van der Waals surface area contributed by atoms with Crippen LogP contribution in [0, 0.1) is 0 Å². The third-order valence-corrected chi connectivity index (χ3v) is 2.03. The predicted molar refractivity (Wildman–Crippen MR) is 62.4 cm³/mol. The lowest BCUT2D eigenvalue weighted by Gasteiger charge is -2.19. The van der Waals surface area contributed by atoms with Crippen molar-refractivity contribution in [2.24, 2.45) is 0 Å². The van der Waals surface area contributed by atoms with Crippen molar-refractivity contribution in [3.8, 4) is 11.5 Å². The number of hydrogen-bond donors (Lipinski definition) is 1. The SMILES string of the molecule is CC(C)(C)OC(=O)Nc1cccc2c1OCO2. The van der Waals surface area contributed by atoms with Gasteiger partial charge in [0.15, 0.2) is 11.5 Å². The highest BCUT2D eigenvalue weighted by molar-refractivity contribution is 5.88. The lowest BCUT2D eigenvalue weighted by Crippen LogP contribution is -2.27. The number of benzene rings is 1. The first-order valence-electron chi connectivity index (χ1n) is 5.34. The number of nitrogens with one attached hydrogen (secondary N) is 1. The normalized spacial score (nSPS) is 13.4. The Morgan fingerprint density at radius 1 is 1.35 bits per heavy atom. The standard InChI is InChI=1S/C12H15NO4/c1-12(2,3)17-11(14)13-8-5-4-6-9-10(8)16-7-15-9/h4-6H,7H2,1-3H3,(H,13,14). The van der Waals surface area contributed by atoms with Gasteiger partial charge in [0.1, 0.15) is 5.60 Å². The Hall–Kier alpha value is -1.91. The fourth-order valence-corrected chi connectivity index (χ4v) is 1.44. The molecule has 1 N–H and O–H groups in total. The van der Waals surface area contributed by atoms with E-state index in [1.165, 1.54) is 0 Å². The highest BCUT2D eigenvalue weighted by atomic mass is 16.7. The molecular formula is C12H15NO4. The van der Waals surface area contributed by atoms with E-state index in [1.54, 1.807) is 18.2 Å². The third-order valence-electron chi connectivity index (χ3n) is 2.03. The molecule has 0 spiro atoms. The summed E-state index contributed by atoms with van der Waals surface area (Å²) in [5.41, 5.74) is 0.0219. The number of hydrogen-bond acceptors (Lipinski definition) is 4. The Kier molecular flexibility index (Phi) is 2.83. The van der Waals surface area contributed by atoms with Crippen LogP contribution in [0.5, 0.6) is 11.5 Å². The average Bonchev–Trinajstić information content (AvgIpc) is 2.63. The first-order chi connectivity index (χ1) is 7.96. The van der Waals surface area contributed by atoms with Gasteiger partial charge in [-0.3, -0.25) is 5.32 Å². The molecule has 0 atom stereocenters. The zero-order valence-electron chi connectivity index (χ0n) is 10.1. The number of carbonyl (C=O) groups is 1. The van der Waals surface area contributed by atoms with Gasteiger partial charge < -0.3 is 14.2 Å². The molecule has 0 aromatic heterocycles. The van der Waals surface area contributed by atoms with Crippen molar-refractivity contribution in [2.45, 2.75) is 26.4 Å². The number of para-hydroxylation sites is 1. The van der Waals surface area contributed by atoms with Gasteiger partial charge in [0.05, 0.1) is 5.69 Å². The average molecular weight is 237 g/mol. The van der Waals surface area contributed by atoms with Gasteiger partial charge in [0, 0.05) is 0 Å². The minimum atomic E-state index is -0.528. The molecule has 5 heteroatoms. The number of amides is 1. The van der Waals surface area contributed by atoms with E-state index in [0.717, 1.165) is 0 Å². The lowest BCUT2D eigenvalue weighted by molar-refractivity contribution is 0.0635. The summed E-state index contributed by atoms with van der Waals surface area (Å²) in [6.45, 7) is 5.59. The Morgan fingerprint density at radius 3 is 2.82 bits per heavy atom. The van der Waals surface area contributed by atoms with E-state index in [0.29, 0.717) is 17.2 Å². The summed E-state index contributed by atoms with van der Waals surface area (Å²) in [6.07, 6.45) is -0.513. The summed E-state index contributed by atoms with van der Waals surface area (Å²) < 4.78 is 15.6. The van der Waals surface area contributed by atoms with E-state index in [2.05, 4.69) is 5.32 Å². The summed E-state index contributed by atoms with van der Waals surface area (Å²) in [6, 6.07) is 5.29. The van der Waals surface area contributed by atoms with Crippen molar-refractivity contribution in [1.82, 2.24) is 0 Å².